The molecule has 0 bridgehead atoms. The number of methoxy groups -OCH3 is 2. The standard InChI is InChI=1S/C22H23N3O4S/c1-4-29-20-8-6-5-7-18(20)23-21(26)14-30-22-12-10-17(24-25-22)16-13-15(27-2)9-11-19(16)28-3/h5-13H,4,14H2,1-3H3,(H,23,26). The first-order chi connectivity index (χ1) is 14.6. The Balaban J connectivity index is 1.63. The lowest BCUT2D eigenvalue weighted by Crippen LogP contribution is -2.15. The van der Waals surface area contributed by atoms with Crippen LogP contribution in [-0.4, -0.2) is 42.7 Å². The van der Waals surface area contributed by atoms with Crippen LogP contribution in [-0.2, 0) is 4.79 Å². The van der Waals surface area contributed by atoms with Gasteiger partial charge in [0.1, 0.15) is 22.3 Å². The van der Waals surface area contributed by atoms with Crippen LogP contribution in [0.3, 0.4) is 0 Å². The van der Waals surface area contributed by atoms with Crippen molar-refractivity contribution < 1.29 is 19.0 Å². The SMILES string of the molecule is CCOc1ccccc1NC(=O)CSc1ccc(-c2cc(OC)ccc2OC)nn1. The Morgan fingerprint density at radius 1 is 1.00 bits per heavy atom. The number of nitrogens with zero attached hydrogens (tertiary/aromatic N) is 2. The Morgan fingerprint density at radius 3 is 2.53 bits per heavy atom. The molecule has 0 aliphatic heterocycles. The molecule has 0 spiro atoms. The molecule has 0 saturated carbocycles. The summed E-state index contributed by atoms with van der Waals surface area (Å²) in [5.41, 5.74) is 2.09. The van der Waals surface area contributed by atoms with Crippen LogP contribution >= 0.6 is 11.8 Å². The minimum Gasteiger partial charge on any atom is -0.497 e. The highest BCUT2D eigenvalue weighted by atomic mass is 32.2. The van der Waals surface area contributed by atoms with Gasteiger partial charge in [0.25, 0.3) is 0 Å². The predicted molar refractivity (Wildman–Crippen MR) is 118 cm³/mol. The molecule has 1 amide bonds. The van der Waals surface area contributed by atoms with Gasteiger partial charge in [-0.2, -0.15) is 0 Å². The number of aromatic nitrogens is 2. The first kappa shape index (κ1) is 21.4. The molecule has 2 aromatic carbocycles. The summed E-state index contributed by atoms with van der Waals surface area (Å²) < 4.78 is 16.2. The number of para-hydroxylation sites is 2. The van der Waals surface area contributed by atoms with E-state index in [0.717, 1.165) is 5.56 Å². The van der Waals surface area contributed by atoms with E-state index in [9.17, 15) is 4.79 Å². The van der Waals surface area contributed by atoms with Gasteiger partial charge in [-0.1, -0.05) is 23.9 Å². The first-order valence-corrected chi connectivity index (χ1v) is 10.3. The maximum absolute atomic E-state index is 12.3. The molecular formula is C22H23N3O4S. The van der Waals surface area contributed by atoms with Crippen molar-refractivity contribution in [1.29, 1.82) is 0 Å². The fourth-order valence-electron chi connectivity index (χ4n) is 2.73. The third-order valence-electron chi connectivity index (χ3n) is 4.13. The van der Waals surface area contributed by atoms with Crippen molar-refractivity contribution in [2.24, 2.45) is 0 Å². The fourth-order valence-corrected chi connectivity index (χ4v) is 3.35. The molecule has 1 N–H and O–H groups in total. The van der Waals surface area contributed by atoms with Gasteiger partial charge in [-0.3, -0.25) is 4.79 Å². The highest BCUT2D eigenvalue weighted by molar-refractivity contribution is 7.99. The summed E-state index contributed by atoms with van der Waals surface area (Å²) in [5, 5.41) is 12.0. The average molecular weight is 426 g/mol. The van der Waals surface area contributed by atoms with Gasteiger partial charge in [-0.25, -0.2) is 0 Å². The third kappa shape index (κ3) is 5.42. The van der Waals surface area contributed by atoms with Crippen molar-refractivity contribution in [2.45, 2.75) is 11.9 Å². The lowest BCUT2D eigenvalue weighted by atomic mass is 10.1. The summed E-state index contributed by atoms with van der Waals surface area (Å²) in [7, 11) is 3.21. The zero-order chi connectivity index (χ0) is 21.3. The maximum Gasteiger partial charge on any atom is 0.234 e. The average Bonchev–Trinajstić information content (AvgIpc) is 2.79. The van der Waals surface area contributed by atoms with Crippen LogP contribution in [0.1, 0.15) is 6.92 Å². The minimum atomic E-state index is -0.146. The Labute approximate surface area is 179 Å². The summed E-state index contributed by atoms with van der Waals surface area (Å²) in [6.45, 7) is 2.43. The van der Waals surface area contributed by atoms with Crippen LogP contribution in [0, 0.1) is 0 Å². The van der Waals surface area contributed by atoms with Crippen LogP contribution in [0.25, 0.3) is 11.3 Å². The molecule has 7 nitrogen and oxygen atoms in total. The molecule has 1 heterocycles. The van der Waals surface area contributed by atoms with Crippen LogP contribution < -0.4 is 19.5 Å². The molecule has 3 aromatic rings. The number of amides is 1. The molecule has 30 heavy (non-hydrogen) atoms. The van der Waals surface area contributed by atoms with Crippen molar-refractivity contribution in [3.8, 4) is 28.5 Å². The lowest BCUT2D eigenvalue weighted by Gasteiger charge is -2.11. The number of hydrogen-bond donors (Lipinski definition) is 1. The number of nitrogens with one attached hydrogen (secondary N) is 1. The largest absolute Gasteiger partial charge is 0.497 e. The van der Waals surface area contributed by atoms with Gasteiger partial charge in [0, 0.05) is 5.56 Å². The van der Waals surface area contributed by atoms with Crippen molar-refractivity contribution in [2.75, 3.05) is 31.9 Å². The number of benzene rings is 2. The van der Waals surface area contributed by atoms with Crippen LogP contribution in [0.4, 0.5) is 5.69 Å². The Bertz CT molecular complexity index is 996. The van der Waals surface area contributed by atoms with Crippen molar-refractivity contribution in [3.05, 3.63) is 54.6 Å². The monoisotopic (exact) mass is 425 g/mol. The molecule has 3 rings (SSSR count). The highest BCUT2D eigenvalue weighted by Gasteiger charge is 2.12. The molecule has 0 aliphatic rings. The Hall–Kier alpha value is -3.26. The Kier molecular flexibility index (Phi) is 7.51. The number of carbonyl (C=O) groups excluding carboxylic acids is 1. The van der Waals surface area contributed by atoms with Crippen LogP contribution in [0.15, 0.2) is 59.6 Å². The van der Waals surface area contributed by atoms with E-state index in [1.54, 1.807) is 14.2 Å². The molecule has 0 radical (unpaired) electrons. The van der Waals surface area contributed by atoms with Crippen molar-refractivity contribution in [3.63, 3.8) is 0 Å². The van der Waals surface area contributed by atoms with Crippen LogP contribution in [0.5, 0.6) is 17.2 Å². The van der Waals surface area contributed by atoms with E-state index in [0.29, 0.717) is 40.3 Å². The molecule has 0 atom stereocenters. The quantitative estimate of drug-likeness (QED) is 0.512. The van der Waals surface area contributed by atoms with Gasteiger partial charge in [0.05, 0.1) is 38.0 Å². The molecule has 0 saturated heterocycles. The van der Waals surface area contributed by atoms with Gasteiger partial charge in [-0.05, 0) is 49.4 Å². The van der Waals surface area contributed by atoms with E-state index in [-0.39, 0.29) is 11.7 Å². The second-order valence-corrected chi connectivity index (χ2v) is 7.08. The Morgan fingerprint density at radius 2 is 1.83 bits per heavy atom. The predicted octanol–water partition coefficient (Wildman–Crippen LogP) is 4.29. The topological polar surface area (TPSA) is 82.6 Å². The van der Waals surface area contributed by atoms with E-state index in [2.05, 4.69) is 15.5 Å². The summed E-state index contributed by atoms with van der Waals surface area (Å²) >= 11 is 1.31. The molecule has 0 fully saturated rings. The van der Waals surface area contributed by atoms with Gasteiger partial charge < -0.3 is 19.5 Å². The van der Waals surface area contributed by atoms with Gasteiger partial charge in [-0.15, -0.1) is 10.2 Å². The number of anilines is 1. The molecule has 0 aliphatic carbocycles. The second kappa shape index (κ2) is 10.5. The van der Waals surface area contributed by atoms with Gasteiger partial charge in [0.15, 0.2) is 0 Å². The van der Waals surface area contributed by atoms with Crippen molar-refractivity contribution in [1.82, 2.24) is 10.2 Å². The number of thioether (sulfide) groups is 1. The number of hydrogen-bond acceptors (Lipinski definition) is 7. The first-order valence-electron chi connectivity index (χ1n) is 9.35. The maximum atomic E-state index is 12.3. The molecule has 0 unspecified atom stereocenters. The highest BCUT2D eigenvalue weighted by Crippen LogP contribution is 2.32. The zero-order valence-corrected chi connectivity index (χ0v) is 17.9. The molecule has 156 valence electrons. The second-order valence-electron chi connectivity index (χ2n) is 6.09. The normalized spacial score (nSPS) is 10.4. The van der Waals surface area contributed by atoms with E-state index >= 15 is 0 Å². The smallest absolute Gasteiger partial charge is 0.234 e. The van der Waals surface area contributed by atoms with Gasteiger partial charge >= 0.3 is 0 Å². The van der Waals surface area contributed by atoms with E-state index < -0.39 is 0 Å². The minimum absolute atomic E-state index is 0.146. The summed E-state index contributed by atoms with van der Waals surface area (Å²) in [6.07, 6.45) is 0. The van der Waals surface area contributed by atoms with Crippen molar-refractivity contribution >= 4 is 23.4 Å². The molecule has 8 heteroatoms. The summed E-state index contributed by atoms with van der Waals surface area (Å²) in [6, 6.07) is 16.5. The van der Waals surface area contributed by atoms with E-state index in [1.165, 1.54) is 11.8 Å². The summed E-state index contributed by atoms with van der Waals surface area (Å²) in [4.78, 5) is 12.3. The van der Waals surface area contributed by atoms with Crippen LogP contribution in [0.2, 0.25) is 0 Å². The number of carbonyl (C=O) groups is 1. The molecule has 1 aromatic heterocycles. The number of ether oxygens (including phenoxy) is 3. The van der Waals surface area contributed by atoms with E-state index in [1.807, 2.05) is 61.5 Å². The molecular weight excluding hydrogens is 402 g/mol. The van der Waals surface area contributed by atoms with E-state index in [4.69, 9.17) is 14.2 Å². The lowest BCUT2D eigenvalue weighted by molar-refractivity contribution is -0.113. The number of rotatable bonds is 9. The summed E-state index contributed by atoms with van der Waals surface area (Å²) in [5.74, 6) is 2.09. The third-order valence-corrected chi connectivity index (χ3v) is 5.05. The zero-order valence-electron chi connectivity index (χ0n) is 17.0. The fraction of sp³-hybridized carbons (Fsp3) is 0.227. The van der Waals surface area contributed by atoms with Gasteiger partial charge in [0.2, 0.25) is 5.91 Å².